The van der Waals surface area contributed by atoms with Gasteiger partial charge in [0.2, 0.25) is 0 Å². The molecule has 1 aliphatic carbocycles. The number of aliphatic imine (C=N–C) groups is 1. The molecule has 4 nitrogen and oxygen atoms in total. The lowest BCUT2D eigenvalue weighted by atomic mass is 9.67. The van der Waals surface area contributed by atoms with Gasteiger partial charge in [0.25, 0.3) is 0 Å². The van der Waals surface area contributed by atoms with Gasteiger partial charge in [0.15, 0.2) is 5.78 Å². The summed E-state index contributed by atoms with van der Waals surface area (Å²) in [6.07, 6.45) is 3.88. The molecule has 2 aliphatic rings. The van der Waals surface area contributed by atoms with Crippen molar-refractivity contribution in [1.29, 1.82) is 0 Å². The van der Waals surface area contributed by atoms with Crippen LogP contribution in [0.2, 0.25) is 0 Å². The Morgan fingerprint density at radius 1 is 1.28 bits per heavy atom. The summed E-state index contributed by atoms with van der Waals surface area (Å²) < 4.78 is 19.6. The van der Waals surface area contributed by atoms with Crippen LogP contribution in [0.4, 0.5) is 4.39 Å². The number of Topliss-reactive ketones (excluding diaryl/α,β-unsaturated/α-hetero) is 1. The molecular formula is C24H30FNO3. The van der Waals surface area contributed by atoms with E-state index in [1.54, 1.807) is 19.1 Å². The van der Waals surface area contributed by atoms with Gasteiger partial charge in [-0.15, -0.1) is 0 Å². The number of unbranched alkanes of at least 4 members (excludes halogenated alkanes) is 2. The van der Waals surface area contributed by atoms with Gasteiger partial charge >= 0.3 is 5.97 Å². The molecule has 0 saturated carbocycles. The molecule has 1 aromatic carbocycles. The van der Waals surface area contributed by atoms with E-state index >= 15 is 0 Å². The summed E-state index contributed by atoms with van der Waals surface area (Å²) in [5, 5.41) is 0. The number of halogens is 1. The number of allylic oxidation sites excluding steroid dienone is 2. The molecule has 0 fully saturated rings. The molecule has 1 unspecified atom stereocenters. The average Bonchev–Trinajstić information content (AvgIpc) is 2.63. The molecule has 3 rings (SSSR count). The van der Waals surface area contributed by atoms with Gasteiger partial charge in [0, 0.05) is 29.3 Å². The van der Waals surface area contributed by atoms with Gasteiger partial charge < -0.3 is 4.74 Å². The SMILES string of the molecule is CCCCCOC(=O)C1C(C)=NC2=C(C(=O)CC(C)(C)C2)[C@@H]1c1cccc(F)c1. The molecule has 0 radical (unpaired) electrons. The number of esters is 1. The maximum Gasteiger partial charge on any atom is 0.315 e. The van der Waals surface area contributed by atoms with Crippen LogP contribution in [0.1, 0.15) is 71.3 Å². The van der Waals surface area contributed by atoms with Crippen LogP contribution < -0.4 is 0 Å². The fourth-order valence-corrected chi connectivity index (χ4v) is 4.43. The summed E-state index contributed by atoms with van der Waals surface area (Å²) in [5.41, 5.74) is 2.35. The first-order valence-electron chi connectivity index (χ1n) is 10.5. The molecule has 0 aromatic heterocycles. The van der Waals surface area contributed by atoms with Crippen LogP contribution in [0.25, 0.3) is 0 Å². The van der Waals surface area contributed by atoms with Gasteiger partial charge in [-0.3, -0.25) is 14.6 Å². The lowest BCUT2D eigenvalue weighted by Crippen LogP contribution is -2.39. The van der Waals surface area contributed by atoms with E-state index < -0.39 is 11.8 Å². The zero-order valence-corrected chi connectivity index (χ0v) is 17.8. The molecule has 1 aliphatic heterocycles. The van der Waals surface area contributed by atoms with Crippen molar-refractivity contribution < 1.29 is 18.7 Å². The van der Waals surface area contributed by atoms with Crippen molar-refractivity contribution in [2.24, 2.45) is 16.3 Å². The van der Waals surface area contributed by atoms with Crippen molar-refractivity contribution >= 4 is 17.5 Å². The van der Waals surface area contributed by atoms with Crippen LogP contribution in [0.3, 0.4) is 0 Å². The number of rotatable bonds is 6. The summed E-state index contributed by atoms with van der Waals surface area (Å²) in [6, 6.07) is 6.18. The second-order valence-electron chi connectivity index (χ2n) is 8.94. The van der Waals surface area contributed by atoms with Crippen molar-refractivity contribution in [2.75, 3.05) is 6.61 Å². The fourth-order valence-electron chi connectivity index (χ4n) is 4.43. The third kappa shape index (κ3) is 4.65. The topological polar surface area (TPSA) is 55.7 Å². The Balaban J connectivity index is 2.02. The molecule has 0 amide bonds. The Bertz CT molecular complexity index is 869. The smallest absolute Gasteiger partial charge is 0.315 e. The van der Waals surface area contributed by atoms with Crippen molar-refractivity contribution in [2.45, 2.75) is 65.7 Å². The summed E-state index contributed by atoms with van der Waals surface area (Å²) in [5.74, 6) is -2.04. The monoisotopic (exact) mass is 399 g/mol. The summed E-state index contributed by atoms with van der Waals surface area (Å²) in [4.78, 5) is 30.8. The number of benzene rings is 1. The van der Waals surface area contributed by atoms with Crippen LogP contribution in [0.15, 0.2) is 40.5 Å². The zero-order chi connectivity index (χ0) is 21.2. The molecule has 0 spiro atoms. The van der Waals surface area contributed by atoms with E-state index in [0.717, 1.165) is 25.0 Å². The number of ketones is 1. The highest BCUT2D eigenvalue weighted by Gasteiger charge is 2.46. The van der Waals surface area contributed by atoms with E-state index in [2.05, 4.69) is 11.9 Å². The van der Waals surface area contributed by atoms with Crippen molar-refractivity contribution in [3.8, 4) is 0 Å². The summed E-state index contributed by atoms with van der Waals surface area (Å²) >= 11 is 0. The van der Waals surface area contributed by atoms with E-state index in [9.17, 15) is 14.0 Å². The number of carbonyl (C=O) groups is 2. The molecule has 156 valence electrons. The number of carbonyl (C=O) groups excluding carboxylic acids is 2. The van der Waals surface area contributed by atoms with Crippen LogP contribution in [0.5, 0.6) is 0 Å². The van der Waals surface area contributed by atoms with Crippen LogP contribution in [0, 0.1) is 17.2 Å². The molecular weight excluding hydrogens is 369 g/mol. The van der Waals surface area contributed by atoms with Crippen molar-refractivity contribution in [3.63, 3.8) is 0 Å². The molecule has 5 heteroatoms. The normalized spacial score (nSPS) is 23.5. The first-order chi connectivity index (χ1) is 13.7. The van der Waals surface area contributed by atoms with Gasteiger partial charge in [0.05, 0.1) is 6.61 Å². The summed E-state index contributed by atoms with van der Waals surface area (Å²) in [7, 11) is 0. The molecule has 29 heavy (non-hydrogen) atoms. The number of hydrogen-bond donors (Lipinski definition) is 0. The number of hydrogen-bond acceptors (Lipinski definition) is 4. The Morgan fingerprint density at radius 2 is 2.03 bits per heavy atom. The average molecular weight is 400 g/mol. The van der Waals surface area contributed by atoms with E-state index in [1.165, 1.54) is 12.1 Å². The third-order valence-corrected chi connectivity index (χ3v) is 5.76. The second-order valence-corrected chi connectivity index (χ2v) is 8.94. The lowest BCUT2D eigenvalue weighted by Gasteiger charge is -2.39. The van der Waals surface area contributed by atoms with E-state index in [4.69, 9.17) is 4.74 Å². The fraction of sp³-hybridized carbons (Fsp3) is 0.542. The Labute approximate surface area is 172 Å². The molecule has 0 saturated heterocycles. The van der Waals surface area contributed by atoms with E-state index in [-0.39, 0.29) is 23.0 Å². The second kappa shape index (κ2) is 8.60. The van der Waals surface area contributed by atoms with Crippen LogP contribution >= 0.6 is 0 Å². The maximum absolute atomic E-state index is 14.0. The van der Waals surface area contributed by atoms with Crippen LogP contribution in [-0.2, 0) is 14.3 Å². The third-order valence-electron chi connectivity index (χ3n) is 5.76. The van der Waals surface area contributed by atoms with Crippen molar-refractivity contribution in [1.82, 2.24) is 0 Å². The molecule has 1 aromatic rings. The van der Waals surface area contributed by atoms with Crippen molar-refractivity contribution in [3.05, 3.63) is 46.9 Å². The minimum Gasteiger partial charge on any atom is -0.465 e. The lowest BCUT2D eigenvalue weighted by molar-refractivity contribution is -0.146. The molecule has 0 N–H and O–H groups in total. The molecule has 0 bridgehead atoms. The first kappa shape index (κ1) is 21.4. The predicted octanol–water partition coefficient (Wildman–Crippen LogP) is 5.38. The minimum atomic E-state index is -0.706. The summed E-state index contributed by atoms with van der Waals surface area (Å²) in [6.45, 7) is 8.33. The number of nitrogens with zero attached hydrogens (tertiary/aromatic N) is 1. The Hall–Kier alpha value is -2.30. The highest BCUT2D eigenvalue weighted by molar-refractivity contribution is 6.09. The first-order valence-corrected chi connectivity index (χ1v) is 10.5. The molecule has 1 heterocycles. The largest absolute Gasteiger partial charge is 0.465 e. The quantitative estimate of drug-likeness (QED) is 0.477. The highest BCUT2D eigenvalue weighted by Crippen LogP contribution is 2.47. The Morgan fingerprint density at radius 3 is 2.72 bits per heavy atom. The van der Waals surface area contributed by atoms with E-state index in [1.807, 2.05) is 13.8 Å². The zero-order valence-electron chi connectivity index (χ0n) is 17.8. The predicted molar refractivity (Wildman–Crippen MR) is 111 cm³/mol. The minimum absolute atomic E-state index is 0.00876. The Kier molecular flexibility index (Phi) is 6.35. The van der Waals surface area contributed by atoms with Crippen LogP contribution in [-0.4, -0.2) is 24.1 Å². The number of ether oxygens (including phenoxy) is 1. The van der Waals surface area contributed by atoms with E-state index in [0.29, 0.717) is 36.3 Å². The van der Waals surface area contributed by atoms with Gasteiger partial charge in [-0.2, -0.15) is 0 Å². The molecule has 2 atom stereocenters. The van der Waals surface area contributed by atoms with Gasteiger partial charge in [-0.25, -0.2) is 4.39 Å². The maximum atomic E-state index is 14.0. The van der Waals surface area contributed by atoms with Gasteiger partial charge in [-0.1, -0.05) is 45.7 Å². The van der Waals surface area contributed by atoms with Gasteiger partial charge in [-0.05, 0) is 42.9 Å². The highest BCUT2D eigenvalue weighted by atomic mass is 19.1. The standard InChI is InChI=1S/C24H30FNO3/c1-5-6-7-11-29-23(28)20-15(2)26-18-13-24(3,4)14-19(27)22(18)21(20)16-9-8-10-17(25)12-16/h8-10,12,20-21H,5-7,11,13-14H2,1-4H3/t20?,21-/m1/s1. The van der Waals surface area contributed by atoms with Gasteiger partial charge in [0.1, 0.15) is 11.7 Å².